The predicted octanol–water partition coefficient (Wildman–Crippen LogP) is 3.55. The van der Waals surface area contributed by atoms with Gasteiger partial charge in [0.25, 0.3) is 0 Å². The minimum Gasteiger partial charge on any atom is -0.217 e. The normalized spacial score (nSPS) is 10.6. The summed E-state index contributed by atoms with van der Waals surface area (Å²) in [7, 11) is 0. The average Bonchev–Trinajstić information content (AvgIpc) is 2.83. The Bertz CT molecular complexity index is 682. The van der Waals surface area contributed by atoms with Gasteiger partial charge < -0.3 is 0 Å². The molecule has 0 aliphatic rings. The van der Waals surface area contributed by atoms with Crippen molar-refractivity contribution < 1.29 is 0 Å². The van der Waals surface area contributed by atoms with Crippen molar-refractivity contribution in [3.05, 3.63) is 65.9 Å². The van der Waals surface area contributed by atoms with Crippen LogP contribution in [0.15, 0.2) is 54.6 Å². The molecule has 2 aromatic carbocycles. The highest BCUT2D eigenvalue weighted by molar-refractivity contribution is 5.62. The maximum absolute atomic E-state index is 4.30. The molecule has 0 N–H and O–H groups in total. The minimum absolute atomic E-state index is 0.934. The van der Waals surface area contributed by atoms with E-state index in [0.29, 0.717) is 0 Å². The van der Waals surface area contributed by atoms with Gasteiger partial charge in [0, 0.05) is 5.56 Å². The van der Waals surface area contributed by atoms with E-state index in [1.165, 1.54) is 5.56 Å². The highest BCUT2D eigenvalue weighted by atomic mass is 15.4. The molecule has 0 radical (unpaired) electrons. The van der Waals surface area contributed by atoms with Crippen molar-refractivity contribution in [1.82, 2.24) is 15.0 Å². The van der Waals surface area contributed by atoms with E-state index in [2.05, 4.69) is 41.5 Å². The van der Waals surface area contributed by atoms with Gasteiger partial charge in [-0.1, -0.05) is 53.2 Å². The summed E-state index contributed by atoms with van der Waals surface area (Å²) >= 11 is 0. The van der Waals surface area contributed by atoms with Crippen molar-refractivity contribution in [3.8, 4) is 16.9 Å². The second kappa shape index (κ2) is 4.69. The number of aryl methyl sites for hydroxylation is 1. The lowest BCUT2D eigenvalue weighted by atomic mass is 10.1. The molecule has 0 bridgehead atoms. The molecule has 3 rings (SSSR count). The van der Waals surface area contributed by atoms with Crippen LogP contribution < -0.4 is 0 Å². The maximum Gasteiger partial charge on any atom is 0.116 e. The highest BCUT2D eigenvalue weighted by Crippen LogP contribution is 2.22. The van der Waals surface area contributed by atoms with Gasteiger partial charge in [0.15, 0.2) is 0 Å². The van der Waals surface area contributed by atoms with E-state index < -0.39 is 0 Å². The van der Waals surface area contributed by atoms with Gasteiger partial charge in [-0.2, -0.15) is 0 Å². The highest BCUT2D eigenvalue weighted by Gasteiger charge is 2.11. The first-order valence-electron chi connectivity index (χ1n) is 6.30. The Morgan fingerprint density at radius 3 is 2.21 bits per heavy atom. The second-order valence-electron chi connectivity index (χ2n) is 4.64. The zero-order valence-corrected chi connectivity index (χ0v) is 11.0. The average molecular weight is 249 g/mol. The molecule has 0 unspecified atom stereocenters. The van der Waals surface area contributed by atoms with Gasteiger partial charge in [-0.3, -0.25) is 0 Å². The summed E-state index contributed by atoms with van der Waals surface area (Å²) in [5.41, 5.74) is 5.37. The van der Waals surface area contributed by atoms with Crippen LogP contribution in [-0.4, -0.2) is 15.0 Å². The predicted molar refractivity (Wildman–Crippen MR) is 76.3 cm³/mol. The van der Waals surface area contributed by atoms with Crippen LogP contribution >= 0.6 is 0 Å². The third-order valence-electron chi connectivity index (χ3n) is 3.22. The Kier molecular flexibility index (Phi) is 2.88. The first-order valence-corrected chi connectivity index (χ1v) is 6.30. The molecule has 0 saturated carbocycles. The first-order chi connectivity index (χ1) is 9.25. The van der Waals surface area contributed by atoms with E-state index in [1.54, 1.807) is 0 Å². The molecular weight excluding hydrogens is 234 g/mol. The van der Waals surface area contributed by atoms with E-state index in [0.717, 1.165) is 22.6 Å². The zero-order valence-electron chi connectivity index (χ0n) is 11.0. The Hall–Kier alpha value is -2.42. The fourth-order valence-electron chi connectivity index (χ4n) is 2.12. The van der Waals surface area contributed by atoms with Crippen LogP contribution in [0.1, 0.15) is 11.3 Å². The van der Waals surface area contributed by atoms with E-state index in [4.69, 9.17) is 0 Å². The second-order valence-corrected chi connectivity index (χ2v) is 4.64. The molecule has 0 aliphatic carbocycles. The number of aromatic nitrogens is 3. The number of hydrogen-bond acceptors (Lipinski definition) is 2. The van der Waals surface area contributed by atoms with Crippen LogP contribution in [0.25, 0.3) is 16.9 Å². The molecule has 0 aliphatic heterocycles. The molecule has 0 amide bonds. The summed E-state index contributed by atoms with van der Waals surface area (Å²) < 4.78 is 1.87. The fourth-order valence-corrected chi connectivity index (χ4v) is 2.12. The molecule has 0 spiro atoms. The van der Waals surface area contributed by atoms with Crippen molar-refractivity contribution in [1.29, 1.82) is 0 Å². The molecule has 3 aromatic rings. The van der Waals surface area contributed by atoms with E-state index in [-0.39, 0.29) is 0 Å². The van der Waals surface area contributed by atoms with Crippen LogP contribution in [0.3, 0.4) is 0 Å². The van der Waals surface area contributed by atoms with Gasteiger partial charge in [0.1, 0.15) is 5.69 Å². The minimum atomic E-state index is 0.934. The maximum atomic E-state index is 4.30. The molecule has 19 heavy (non-hydrogen) atoms. The summed E-state index contributed by atoms with van der Waals surface area (Å²) in [4.78, 5) is 0. The van der Waals surface area contributed by atoms with E-state index in [1.807, 2.05) is 41.9 Å². The quantitative estimate of drug-likeness (QED) is 0.695. The Balaban J connectivity index is 2.06. The van der Waals surface area contributed by atoms with Gasteiger partial charge in [-0.15, -0.1) is 5.10 Å². The summed E-state index contributed by atoms with van der Waals surface area (Å²) in [5, 5.41) is 8.56. The third kappa shape index (κ3) is 2.15. The van der Waals surface area contributed by atoms with E-state index in [9.17, 15) is 0 Å². The topological polar surface area (TPSA) is 30.7 Å². The van der Waals surface area contributed by atoms with Crippen molar-refractivity contribution >= 4 is 0 Å². The van der Waals surface area contributed by atoms with Gasteiger partial charge in [0.2, 0.25) is 0 Å². The van der Waals surface area contributed by atoms with Crippen molar-refractivity contribution in [2.75, 3.05) is 0 Å². The van der Waals surface area contributed by atoms with Gasteiger partial charge in [0.05, 0.1) is 11.4 Å². The van der Waals surface area contributed by atoms with Gasteiger partial charge >= 0.3 is 0 Å². The molecule has 3 heteroatoms. The Morgan fingerprint density at radius 1 is 0.842 bits per heavy atom. The van der Waals surface area contributed by atoms with Crippen molar-refractivity contribution in [2.24, 2.45) is 0 Å². The summed E-state index contributed by atoms with van der Waals surface area (Å²) in [6.07, 6.45) is 0. The van der Waals surface area contributed by atoms with Crippen molar-refractivity contribution in [3.63, 3.8) is 0 Å². The van der Waals surface area contributed by atoms with Crippen molar-refractivity contribution in [2.45, 2.75) is 13.8 Å². The van der Waals surface area contributed by atoms with E-state index >= 15 is 0 Å². The molecule has 0 saturated heterocycles. The lowest BCUT2D eigenvalue weighted by Crippen LogP contribution is -1.98. The number of nitrogens with zero attached hydrogens (tertiary/aromatic N) is 3. The lowest BCUT2D eigenvalue weighted by Gasteiger charge is -2.03. The largest absolute Gasteiger partial charge is 0.217 e. The van der Waals surface area contributed by atoms with Crippen LogP contribution in [0.5, 0.6) is 0 Å². The molecule has 1 aromatic heterocycles. The number of rotatable bonds is 2. The van der Waals surface area contributed by atoms with Crippen LogP contribution in [-0.2, 0) is 0 Å². The molecule has 0 atom stereocenters. The van der Waals surface area contributed by atoms with Crippen LogP contribution in [0.4, 0.5) is 0 Å². The number of para-hydroxylation sites is 1. The van der Waals surface area contributed by atoms with Gasteiger partial charge in [-0.25, -0.2) is 4.68 Å². The standard InChI is InChI=1S/C16H15N3/c1-12-8-10-14(11-9-12)16-13(2)19(18-17-16)15-6-4-3-5-7-15/h3-11H,1-2H3. The fraction of sp³-hybridized carbons (Fsp3) is 0.125. The van der Waals surface area contributed by atoms with Crippen LogP contribution in [0, 0.1) is 13.8 Å². The summed E-state index contributed by atoms with van der Waals surface area (Å²) in [6, 6.07) is 18.4. The Labute approximate surface area is 112 Å². The molecular formula is C16H15N3. The number of benzene rings is 2. The van der Waals surface area contributed by atoms with Gasteiger partial charge in [-0.05, 0) is 26.0 Å². The smallest absolute Gasteiger partial charge is 0.116 e. The van der Waals surface area contributed by atoms with Crippen LogP contribution in [0.2, 0.25) is 0 Å². The molecule has 1 heterocycles. The molecule has 94 valence electrons. The first kappa shape index (κ1) is 11.7. The zero-order chi connectivity index (χ0) is 13.2. The monoisotopic (exact) mass is 249 g/mol. The number of hydrogen-bond donors (Lipinski definition) is 0. The molecule has 3 nitrogen and oxygen atoms in total. The summed E-state index contributed by atoms with van der Waals surface area (Å²) in [5.74, 6) is 0. The third-order valence-corrected chi connectivity index (χ3v) is 3.22. The summed E-state index contributed by atoms with van der Waals surface area (Å²) in [6.45, 7) is 4.12. The lowest BCUT2D eigenvalue weighted by molar-refractivity contribution is 0.785. The Morgan fingerprint density at radius 2 is 1.53 bits per heavy atom. The SMILES string of the molecule is Cc1ccc(-c2nnn(-c3ccccc3)c2C)cc1. The molecule has 0 fully saturated rings.